The van der Waals surface area contributed by atoms with Gasteiger partial charge < -0.3 is 9.30 Å². The summed E-state index contributed by atoms with van der Waals surface area (Å²) in [6.45, 7) is 0.395. The van der Waals surface area contributed by atoms with Gasteiger partial charge in [0.2, 0.25) is 0 Å². The van der Waals surface area contributed by atoms with Gasteiger partial charge in [-0.05, 0) is 30.5 Å². The molecule has 0 amide bonds. The first-order valence-electron chi connectivity index (χ1n) is 5.01. The quantitative estimate of drug-likeness (QED) is 0.800. The van der Waals surface area contributed by atoms with Gasteiger partial charge in [-0.25, -0.2) is 0 Å². The molecule has 2 aromatic rings. The van der Waals surface area contributed by atoms with E-state index in [1.807, 2.05) is 30.0 Å². The van der Waals surface area contributed by atoms with Crippen LogP contribution in [0.1, 0.15) is 5.82 Å². The van der Waals surface area contributed by atoms with Crippen LogP contribution >= 0.6 is 23.4 Å². The highest BCUT2D eigenvalue weighted by atomic mass is 35.5. The van der Waals surface area contributed by atoms with E-state index in [1.165, 1.54) is 0 Å². The van der Waals surface area contributed by atoms with Gasteiger partial charge in [-0.15, -0.1) is 10.2 Å². The van der Waals surface area contributed by atoms with E-state index in [-0.39, 0.29) is 0 Å². The molecule has 0 saturated heterocycles. The molecule has 1 heterocycles. The van der Waals surface area contributed by atoms with Crippen molar-refractivity contribution < 1.29 is 4.74 Å². The molecule has 0 aliphatic rings. The van der Waals surface area contributed by atoms with Crippen LogP contribution in [0.25, 0.3) is 0 Å². The number of halogens is 1. The molecular weight excluding hydrogens is 258 g/mol. The summed E-state index contributed by atoms with van der Waals surface area (Å²) in [5.41, 5.74) is 0. The van der Waals surface area contributed by atoms with E-state index in [1.54, 1.807) is 23.9 Å². The zero-order valence-corrected chi connectivity index (χ0v) is 11.1. The van der Waals surface area contributed by atoms with Gasteiger partial charge in [0.1, 0.15) is 12.4 Å². The fourth-order valence-electron chi connectivity index (χ4n) is 1.33. The highest BCUT2D eigenvalue weighted by Crippen LogP contribution is 2.17. The first kappa shape index (κ1) is 12.3. The molecule has 0 spiro atoms. The summed E-state index contributed by atoms with van der Waals surface area (Å²) in [6.07, 6.45) is 1.97. The number of hydrogen-bond acceptors (Lipinski definition) is 4. The van der Waals surface area contributed by atoms with Gasteiger partial charge >= 0.3 is 0 Å². The Morgan fingerprint density at radius 2 is 2.00 bits per heavy atom. The molecule has 0 unspecified atom stereocenters. The van der Waals surface area contributed by atoms with Crippen molar-refractivity contribution in [3.63, 3.8) is 0 Å². The average molecular weight is 270 g/mol. The summed E-state index contributed by atoms with van der Waals surface area (Å²) in [4.78, 5) is 0. The number of hydrogen-bond donors (Lipinski definition) is 0. The summed E-state index contributed by atoms with van der Waals surface area (Å²) in [5.74, 6) is 1.56. The monoisotopic (exact) mass is 269 g/mol. The zero-order chi connectivity index (χ0) is 12.3. The van der Waals surface area contributed by atoms with E-state index in [9.17, 15) is 0 Å². The first-order chi connectivity index (χ1) is 8.20. The molecule has 4 nitrogen and oxygen atoms in total. The number of rotatable bonds is 4. The molecule has 90 valence electrons. The highest BCUT2D eigenvalue weighted by Gasteiger charge is 2.07. The molecule has 1 aromatic heterocycles. The van der Waals surface area contributed by atoms with E-state index in [4.69, 9.17) is 16.3 Å². The number of benzene rings is 1. The maximum Gasteiger partial charge on any atom is 0.190 e. The third-order valence-corrected chi connectivity index (χ3v) is 3.26. The van der Waals surface area contributed by atoms with Gasteiger partial charge in [0, 0.05) is 12.1 Å². The summed E-state index contributed by atoms with van der Waals surface area (Å²) in [7, 11) is 1.92. The first-order valence-corrected chi connectivity index (χ1v) is 6.61. The molecular formula is C11H12ClN3OS. The fourth-order valence-corrected chi connectivity index (χ4v) is 1.95. The van der Waals surface area contributed by atoms with Crippen molar-refractivity contribution in [3.8, 4) is 5.75 Å². The molecule has 0 atom stereocenters. The normalized spacial score (nSPS) is 10.5. The van der Waals surface area contributed by atoms with Crippen molar-refractivity contribution in [2.75, 3.05) is 6.26 Å². The second-order valence-electron chi connectivity index (χ2n) is 3.40. The predicted octanol–water partition coefficient (Wildman–Crippen LogP) is 2.77. The van der Waals surface area contributed by atoms with Gasteiger partial charge in [0.15, 0.2) is 11.0 Å². The van der Waals surface area contributed by atoms with Crippen LogP contribution in [0.15, 0.2) is 29.4 Å². The molecule has 0 aliphatic carbocycles. The molecule has 0 N–H and O–H groups in total. The topological polar surface area (TPSA) is 39.9 Å². The van der Waals surface area contributed by atoms with Crippen LogP contribution in [0.5, 0.6) is 5.75 Å². The van der Waals surface area contributed by atoms with Crippen molar-refractivity contribution >= 4 is 23.4 Å². The third-order valence-electron chi connectivity index (χ3n) is 2.29. The molecule has 0 aliphatic heterocycles. The van der Waals surface area contributed by atoms with Crippen molar-refractivity contribution in [1.82, 2.24) is 14.8 Å². The Balaban J connectivity index is 2.02. The van der Waals surface area contributed by atoms with E-state index >= 15 is 0 Å². The minimum atomic E-state index is 0.395. The molecule has 1 aromatic carbocycles. The summed E-state index contributed by atoms with van der Waals surface area (Å²) >= 11 is 7.35. The number of thioether (sulfide) groups is 1. The van der Waals surface area contributed by atoms with Crippen molar-refractivity contribution in [2.24, 2.45) is 7.05 Å². The average Bonchev–Trinajstić information content (AvgIpc) is 2.69. The molecule has 0 bridgehead atoms. The van der Waals surface area contributed by atoms with Crippen LogP contribution in [0.3, 0.4) is 0 Å². The number of aromatic nitrogens is 3. The van der Waals surface area contributed by atoms with Crippen LogP contribution in [-0.4, -0.2) is 21.0 Å². The van der Waals surface area contributed by atoms with Crippen molar-refractivity contribution in [2.45, 2.75) is 11.8 Å². The van der Waals surface area contributed by atoms with E-state index in [0.29, 0.717) is 11.6 Å². The lowest BCUT2D eigenvalue weighted by Crippen LogP contribution is -2.04. The second kappa shape index (κ2) is 5.42. The smallest absolute Gasteiger partial charge is 0.190 e. The van der Waals surface area contributed by atoms with Crippen LogP contribution in [0, 0.1) is 0 Å². The fraction of sp³-hybridized carbons (Fsp3) is 0.273. The molecule has 6 heteroatoms. The molecule has 0 saturated carbocycles. The Kier molecular flexibility index (Phi) is 3.91. The lowest BCUT2D eigenvalue weighted by molar-refractivity contribution is 0.290. The Morgan fingerprint density at radius 1 is 1.29 bits per heavy atom. The Labute approximate surface area is 109 Å². The summed E-state index contributed by atoms with van der Waals surface area (Å²) in [6, 6.07) is 7.24. The largest absolute Gasteiger partial charge is 0.486 e. The maximum atomic E-state index is 5.79. The lowest BCUT2D eigenvalue weighted by atomic mass is 10.3. The predicted molar refractivity (Wildman–Crippen MR) is 68.6 cm³/mol. The van der Waals surface area contributed by atoms with E-state index < -0.39 is 0 Å². The Bertz CT molecular complexity index is 498. The molecule has 0 fully saturated rings. The highest BCUT2D eigenvalue weighted by molar-refractivity contribution is 7.98. The van der Waals surface area contributed by atoms with Crippen molar-refractivity contribution in [1.29, 1.82) is 0 Å². The van der Waals surface area contributed by atoms with Gasteiger partial charge in [0.05, 0.1) is 0 Å². The molecule has 0 radical (unpaired) electrons. The zero-order valence-electron chi connectivity index (χ0n) is 9.55. The summed E-state index contributed by atoms with van der Waals surface area (Å²) < 4.78 is 7.51. The van der Waals surface area contributed by atoms with E-state index in [2.05, 4.69) is 10.2 Å². The molecule has 17 heavy (non-hydrogen) atoms. The van der Waals surface area contributed by atoms with E-state index in [0.717, 1.165) is 16.7 Å². The third kappa shape index (κ3) is 2.92. The van der Waals surface area contributed by atoms with Gasteiger partial charge in [-0.2, -0.15) is 0 Å². The van der Waals surface area contributed by atoms with Gasteiger partial charge in [-0.1, -0.05) is 23.4 Å². The lowest BCUT2D eigenvalue weighted by Gasteiger charge is -2.05. The van der Waals surface area contributed by atoms with Crippen LogP contribution in [0.2, 0.25) is 5.02 Å². The number of ether oxygens (including phenoxy) is 1. The van der Waals surface area contributed by atoms with Crippen LogP contribution in [-0.2, 0) is 13.7 Å². The second-order valence-corrected chi connectivity index (χ2v) is 4.61. The van der Waals surface area contributed by atoms with Crippen LogP contribution < -0.4 is 4.74 Å². The van der Waals surface area contributed by atoms with Crippen molar-refractivity contribution in [3.05, 3.63) is 35.1 Å². The van der Waals surface area contributed by atoms with Gasteiger partial charge in [-0.3, -0.25) is 0 Å². The van der Waals surface area contributed by atoms with Crippen LogP contribution in [0.4, 0.5) is 0 Å². The minimum Gasteiger partial charge on any atom is -0.486 e. The van der Waals surface area contributed by atoms with Gasteiger partial charge in [0.25, 0.3) is 0 Å². The summed E-state index contributed by atoms with van der Waals surface area (Å²) in [5, 5.41) is 9.67. The SMILES string of the molecule is CSc1nnc(COc2ccc(Cl)cc2)n1C. The maximum absolute atomic E-state index is 5.79. The molecule has 2 rings (SSSR count). The standard InChI is InChI=1S/C11H12ClN3OS/c1-15-10(13-14-11(15)17-2)7-16-9-5-3-8(12)4-6-9/h3-6H,7H2,1-2H3. The number of nitrogens with zero attached hydrogens (tertiary/aromatic N) is 3. The Hall–Kier alpha value is -1.20. The Morgan fingerprint density at radius 3 is 2.59 bits per heavy atom. The minimum absolute atomic E-state index is 0.395.